The summed E-state index contributed by atoms with van der Waals surface area (Å²) in [5.74, 6) is -0.274. The van der Waals surface area contributed by atoms with E-state index in [1.165, 1.54) is 0 Å². The van der Waals surface area contributed by atoms with Crippen molar-refractivity contribution in [2.24, 2.45) is 4.99 Å². The highest BCUT2D eigenvalue weighted by atomic mass is 16.5. The summed E-state index contributed by atoms with van der Waals surface area (Å²) in [5, 5.41) is 1.07. The fourth-order valence-corrected chi connectivity index (χ4v) is 2.57. The van der Waals surface area contributed by atoms with Crippen molar-refractivity contribution in [1.29, 1.82) is 0 Å². The largest absolute Gasteiger partial charge is 0.457 e. The maximum Gasteiger partial charge on any atom is 0.338 e. The average molecular weight is 288 g/mol. The van der Waals surface area contributed by atoms with Crippen molar-refractivity contribution in [3.8, 4) is 0 Å². The van der Waals surface area contributed by atoms with E-state index in [9.17, 15) is 4.79 Å². The fraction of sp³-hybridized carbons (Fsp3) is 0.0556. The van der Waals surface area contributed by atoms with Crippen molar-refractivity contribution >= 4 is 28.8 Å². The zero-order valence-electron chi connectivity index (χ0n) is 11.7. The summed E-state index contributed by atoms with van der Waals surface area (Å²) in [4.78, 5) is 20.4. The quantitative estimate of drug-likeness (QED) is 0.534. The molecule has 2 aromatic carbocycles. The molecule has 1 aliphatic rings. The van der Waals surface area contributed by atoms with Crippen LogP contribution >= 0.6 is 0 Å². The first-order chi connectivity index (χ1) is 10.8. The molecular weight excluding hydrogens is 276 g/mol. The summed E-state index contributed by atoms with van der Waals surface area (Å²) in [6.07, 6.45) is 3.57. The summed E-state index contributed by atoms with van der Waals surface area (Å²) in [7, 11) is 0. The summed E-state index contributed by atoms with van der Waals surface area (Å²) in [6, 6.07) is 15.4. The van der Waals surface area contributed by atoms with Crippen LogP contribution in [0.4, 0.5) is 5.69 Å². The van der Waals surface area contributed by atoms with Gasteiger partial charge in [0.1, 0.15) is 6.61 Å². The molecule has 0 radical (unpaired) electrons. The van der Waals surface area contributed by atoms with Gasteiger partial charge in [-0.25, -0.2) is 4.79 Å². The molecule has 0 unspecified atom stereocenters. The number of cyclic esters (lactones) is 1. The molecule has 0 bridgehead atoms. The first-order valence-corrected chi connectivity index (χ1v) is 6.99. The summed E-state index contributed by atoms with van der Waals surface area (Å²) in [6.45, 7) is 0.295. The Hall–Kier alpha value is -3.01. The molecule has 2 heterocycles. The summed E-state index contributed by atoms with van der Waals surface area (Å²) in [5.41, 5.74) is 4.18. The van der Waals surface area contributed by atoms with Gasteiger partial charge < -0.3 is 4.74 Å². The maximum absolute atomic E-state index is 11.6. The van der Waals surface area contributed by atoms with Crippen molar-refractivity contribution in [2.45, 2.75) is 6.61 Å². The van der Waals surface area contributed by atoms with Gasteiger partial charge in [0.2, 0.25) is 0 Å². The molecule has 0 saturated carbocycles. The number of pyridine rings is 1. The molecule has 1 aliphatic heterocycles. The number of hydrogen-bond acceptors (Lipinski definition) is 4. The Kier molecular flexibility index (Phi) is 2.93. The van der Waals surface area contributed by atoms with Crippen LogP contribution < -0.4 is 0 Å². The van der Waals surface area contributed by atoms with Crippen LogP contribution in [-0.4, -0.2) is 17.2 Å². The molecule has 1 aromatic heterocycles. The van der Waals surface area contributed by atoms with Crippen molar-refractivity contribution in [3.63, 3.8) is 0 Å². The van der Waals surface area contributed by atoms with Gasteiger partial charge in [-0.05, 0) is 35.9 Å². The van der Waals surface area contributed by atoms with Gasteiger partial charge in [0.15, 0.2) is 0 Å². The number of rotatable bonds is 2. The Morgan fingerprint density at radius 3 is 3.05 bits per heavy atom. The van der Waals surface area contributed by atoms with Crippen LogP contribution in [0, 0.1) is 0 Å². The number of esters is 1. The van der Waals surface area contributed by atoms with E-state index in [-0.39, 0.29) is 5.97 Å². The number of aromatic nitrogens is 1. The second-order valence-electron chi connectivity index (χ2n) is 5.09. The first kappa shape index (κ1) is 12.7. The monoisotopic (exact) mass is 288 g/mol. The number of aliphatic imine (C=N–C) groups is 1. The van der Waals surface area contributed by atoms with Crippen molar-refractivity contribution in [1.82, 2.24) is 4.98 Å². The highest BCUT2D eigenvalue weighted by Crippen LogP contribution is 2.29. The Balaban J connectivity index is 1.71. The third-order valence-electron chi connectivity index (χ3n) is 3.70. The predicted octanol–water partition coefficient (Wildman–Crippen LogP) is 3.66. The molecule has 106 valence electrons. The van der Waals surface area contributed by atoms with Crippen LogP contribution in [0.2, 0.25) is 0 Å². The lowest BCUT2D eigenvalue weighted by Crippen LogP contribution is -1.92. The Morgan fingerprint density at radius 2 is 2.09 bits per heavy atom. The number of hydrogen-bond donors (Lipinski definition) is 0. The molecule has 0 aliphatic carbocycles. The number of carbonyl (C=O) groups is 1. The molecule has 0 spiro atoms. The molecule has 4 heteroatoms. The van der Waals surface area contributed by atoms with E-state index in [0.29, 0.717) is 12.2 Å². The van der Waals surface area contributed by atoms with Crippen molar-refractivity contribution in [3.05, 3.63) is 71.4 Å². The normalized spacial score (nSPS) is 13.5. The number of ether oxygens (including phenoxy) is 1. The highest BCUT2D eigenvalue weighted by molar-refractivity contribution is 5.96. The lowest BCUT2D eigenvalue weighted by molar-refractivity contribution is 0.0535. The molecule has 0 N–H and O–H groups in total. The second kappa shape index (κ2) is 5.07. The number of carbonyl (C=O) groups excluding carboxylic acids is 1. The number of fused-ring (bicyclic) bond motifs is 2. The average Bonchev–Trinajstić information content (AvgIpc) is 2.95. The minimum atomic E-state index is -0.274. The Morgan fingerprint density at radius 1 is 1.14 bits per heavy atom. The van der Waals surface area contributed by atoms with Crippen molar-refractivity contribution < 1.29 is 9.53 Å². The van der Waals surface area contributed by atoms with E-state index in [2.05, 4.69) is 9.98 Å². The van der Waals surface area contributed by atoms with Crippen LogP contribution in [-0.2, 0) is 11.3 Å². The maximum atomic E-state index is 11.6. The summed E-state index contributed by atoms with van der Waals surface area (Å²) >= 11 is 0. The molecule has 0 fully saturated rings. The second-order valence-corrected chi connectivity index (χ2v) is 5.09. The predicted molar refractivity (Wildman–Crippen MR) is 84.6 cm³/mol. The SMILES string of the molecule is O=C1OCc2c(/N=C/c3ccc4ncccc4c3)cccc21. The van der Waals surface area contributed by atoms with Gasteiger partial charge in [0, 0.05) is 23.4 Å². The van der Waals surface area contributed by atoms with Gasteiger partial charge in [0.05, 0.1) is 16.8 Å². The van der Waals surface area contributed by atoms with E-state index in [4.69, 9.17) is 4.74 Å². The van der Waals surface area contributed by atoms with Crippen LogP contribution in [0.15, 0.2) is 59.7 Å². The molecule has 22 heavy (non-hydrogen) atoms. The van der Waals surface area contributed by atoms with Gasteiger partial charge in [0.25, 0.3) is 0 Å². The van der Waals surface area contributed by atoms with E-state index in [0.717, 1.165) is 27.7 Å². The number of benzene rings is 2. The van der Waals surface area contributed by atoms with Crippen LogP contribution in [0.1, 0.15) is 21.5 Å². The van der Waals surface area contributed by atoms with Gasteiger partial charge in [-0.15, -0.1) is 0 Å². The van der Waals surface area contributed by atoms with E-state index in [1.807, 2.05) is 42.5 Å². The fourth-order valence-electron chi connectivity index (χ4n) is 2.57. The zero-order chi connectivity index (χ0) is 14.9. The third kappa shape index (κ3) is 2.15. The molecule has 0 atom stereocenters. The minimum Gasteiger partial charge on any atom is -0.457 e. The van der Waals surface area contributed by atoms with E-state index >= 15 is 0 Å². The molecule has 0 amide bonds. The topological polar surface area (TPSA) is 51.5 Å². The van der Waals surface area contributed by atoms with Crippen LogP contribution in [0.25, 0.3) is 10.9 Å². The number of nitrogens with zero attached hydrogens (tertiary/aromatic N) is 2. The molecular formula is C18H12N2O2. The van der Waals surface area contributed by atoms with E-state index < -0.39 is 0 Å². The minimum absolute atomic E-state index is 0.274. The van der Waals surface area contributed by atoms with Crippen molar-refractivity contribution in [2.75, 3.05) is 0 Å². The van der Waals surface area contributed by atoms with Crippen LogP contribution in [0.5, 0.6) is 0 Å². The lowest BCUT2D eigenvalue weighted by atomic mass is 10.1. The first-order valence-electron chi connectivity index (χ1n) is 6.99. The Labute approximate surface area is 127 Å². The third-order valence-corrected chi connectivity index (χ3v) is 3.70. The molecule has 4 nitrogen and oxygen atoms in total. The highest BCUT2D eigenvalue weighted by Gasteiger charge is 2.23. The zero-order valence-corrected chi connectivity index (χ0v) is 11.7. The van der Waals surface area contributed by atoms with Gasteiger partial charge in [-0.1, -0.05) is 18.2 Å². The van der Waals surface area contributed by atoms with Gasteiger partial charge >= 0.3 is 5.97 Å². The molecule has 3 aromatic rings. The Bertz CT molecular complexity index is 916. The molecule has 4 rings (SSSR count). The van der Waals surface area contributed by atoms with E-state index in [1.54, 1.807) is 18.5 Å². The smallest absolute Gasteiger partial charge is 0.338 e. The van der Waals surface area contributed by atoms with Crippen LogP contribution in [0.3, 0.4) is 0 Å². The lowest BCUT2D eigenvalue weighted by Gasteiger charge is -2.01. The van der Waals surface area contributed by atoms with Gasteiger partial charge in [-0.2, -0.15) is 0 Å². The standard InChI is InChI=1S/C18H12N2O2/c21-18-14-4-1-5-17(15(14)11-22-18)20-10-12-6-7-16-13(9-12)3-2-8-19-16/h1-10H,11H2/b20-10+. The molecule has 0 saturated heterocycles. The van der Waals surface area contributed by atoms with Gasteiger partial charge in [-0.3, -0.25) is 9.98 Å². The summed E-state index contributed by atoms with van der Waals surface area (Å²) < 4.78 is 5.05.